The third-order valence-corrected chi connectivity index (χ3v) is 4.12. The molecular weight excluding hydrogens is 248 g/mol. The zero-order valence-electron chi connectivity index (χ0n) is 12.0. The number of hydrogen-bond donors (Lipinski definition) is 1. The summed E-state index contributed by atoms with van der Waals surface area (Å²) in [5, 5.41) is 4.63. The average molecular weight is 270 g/mol. The molecule has 0 atom stereocenters. The first-order valence-corrected chi connectivity index (χ1v) is 7.48. The van der Waals surface area contributed by atoms with Gasteiger partial charge in [-0.2, -0.15) is 5.10 Å². The Balaban J connectivity index is 1.91. The van der Waals surface area contributed by atoms with Crippen LogP contribution in [0.4, 0.5) is 0 Å². The van der Waals surface area contributed by atoms with E-state index in [1.165, 1.54) is 31.2 Å². The third-order valence-electron chi connectivity index (χ3n) is 4.12. The molecule has 0 unspecified atom stereocenters. The Bertz CT molecular complexity index is 582. The number of nitrogens with zero attached hydrogens (tertiary/aromatic N) is 3. The summed E-state index contributed by atoms with van der Waals surface area (Å²) in [5.41, 5.74) is 8.03. The van der Waals surface area contributed by atoms with Crippen LogP contribution in [-0.2, 0) is 13.5 Å². The predicted octanol–water partition coefficient (Wildman–Crippen LogP) is 2.64. The van der Waals surface area contributed by atoms with Gasteiger partial charge in [0.1, 0.15) is 0 Å². The number of hydrogen-bond acceptors (Lipinski definition) is 3. The standard InChI is InChI=1S/C16H22N4/c1-20-16(14-8-4-5-12(11-14)9-10-17)18-15(19-20)13-6-2-3-7-13/h4-5,8,11,13H,2-3,6-7,9-10,17H2,1H3. The van der Waals surface area contributed by atoms with Crippen molar-refractivity contribution in [3.05, 3.63) is 35.7 Å². The van der Waals surface area contributed by atoms with Crippen molar-refractivity contribution in [2.75, 3.05) is 6.54 Å². The maximum absolute atomic E-state index is 5.63. The molecule has 1 aromatic carbocycles. The minimum Gasteiger partial charge on any atom is -0.330 e. The molecule has 1 heterocycles. The summed E-state index contributed by atoms with van der Waals surface area (Å²) >= 11 is 0. The number of nitrogens with two attached hydrogens (primary N) is 1. The normalized spacial score (nSPS) is 15.9. The van der Waals surface area contributed by atoms with E-state index in [-0.39, 0.29) is 0 Å². The van der Waals surface area contributed by atoms with E-state index in [1.54, 1.807) is 0 Å². The van der Waals surface area contributed by atoms with Crippen LogP contribution < -0.4 is 5.73 Å². The molecule has 0 radical (unpaired) electrons. The highest BCUT2D eigenvalue weighted by molar-refractivity contribution is 5.56. The van der Waals surface area contributed by atoms with Crippen molar-refractivity contribution in [3.63, 3.8) is 0 Å². The van der Waals surface area contributed by atoms with Gasteiger partial charge < -0.3 is 5.73 Å². The fraction of sp³-hybridized carbons (Fsp3) is 0.500. The number of aryl methyl sites for hydroxylation is 1. The van der Waals surface area contributed by atoms with Crippen molar-refractivity contribution in [2.45, 2.75) is 38.0 Å². The van der Waals surface area contributed by atoms with Gasteiger partial charge in [-0.05, 0) is 37.4 Å². The molecule has 1 saturated carbocycles. The van der Waals surface area contributed by atoms with E-state index in [2.05, 4.69) is 29.4 Å². The van der Waals surface area contributed by atoms with Crippen LogP contribution in [-0.4, -0.2) is 21.3 Å². The third kappa shape index (κ3) is 2.61. The molecule has 0 bridgehead atoms. The Morgan fingerprint density at radius 1 is 1.30 bits per heavy atom. The molecule has 1 fully saturated rings. The molecule has 4 heteroatoms. The summed E-state index contributed by atoms with van der Waals surface area (Å²) in [5.74, 6) is 2.54. The van der Waals surface area contributed by atoms with Crippen molar-refractivity contribution in [2.24, 2.45) is 12.8 Å². The topological polar surface area (TPSA) is 56.7 Å². The maximum Gasteiger partial charge on any atom is 0.158 e. The first-order valence-electron chi connectivity index (χ1n) is 7.48. The second-order valence-corrected chi connectivity index (χ2v) is 5.64. The summed E-state index contributed by atoms with van der Waals surface area (Å²) < 4.78 is 1.91. The highest BCUT2D eigenvalue weighted by Crippen LogP contribution is 2.33. The monoisotopic (exact) mass is 270 g/mol. The first kappa shape index (κ1) is 13.3. The van der Waals surface area contributed by atoms with Gasteiger partial charge in [-0.3, -0.25) is 0 Å². The van der Waals surface area contributed by atoms with Gasteiger partial charge in [-0.1, -0.05) is 31.0 Å². The van der Waals surface area contributed by atoms with Crippen LogP contribution in [0.15, 0.2) is 24.3 Å². The summed E-state index contributed by atoms with van der Waals surface area (Å²) in [7, 11) is 1.98. The second kappa shape index (κ2) is 5.75. The van der Waals surface area contributed by atoms with Crippen molar-refractivity contribution in [1.29, 1.82) is 0 Å². The highest BCUT2D eigenvalue weighted by atomic mass is 15.3. The van der Waals surface area contributed by atoms with Crippen LogP contribution in [0.5, 0.6) is 0 Å². The Hall–Kier alpha value is -1.68. The minimum atomic E-state index is 0.558. The zero-order valence-corrected chi connectivity index (χ0v) is 12.0. The second-order valence-electron chi connectivity index (χ2n) is 5.64. The molecule has 2 N–H and O–H groups in total. The van der Waals surface area contributed by atoms with Crippen molar-refractivity contribution in [3.8, 4) is 11.4 Å². The van der Waals surface area contributed by atoms with Crippen molar-refractivity contribution < 1.29 is 0 Å². The summed E-state index contributed by atoms with van der Waals surface area (Å²) in [6, 6.07) is 8.46. The molecule has 0 spiro atoms. The highest BCUT2D eigenvalue weighted by Gasteiger charge is 2.22. The van der Waals surface area contributed by atoms with Gasteiger partial charge in [0.2, 0.25) is 0 Å². The molecule has 4 nitrogen and oxygen atoms in total. The van der Waals surface area contributed by atoms with Gasteiger partial charge in [-0.25, -0.2) is 9.67 Å². The number of benzene rings is 1. The molecule has 3 rings (SSSR count). The van der Waals surface area contributed by atoms with Crippen LogP contribution in [0, 0.1) is 0 Å². The molecule has 1 aromatic heterocycles. The number of aromatic nitrogens is 3. The zero-order chi connectivity index (χ0) is 13.9. The van der Waals surface area contributed by atoms with Crippen LogP contribution >= 0.6 is 0 Å². The summed E-state index contributed by atoms with van der Waals surface area (Å²) in [6.45, 7) is 0.676. The predicted molar refractivity (Wildman–Crippen MR) is 80.4 cm³/mol. The van der Waals surface area contributed by atoms with Gasteiger partial charge in [0.05, 0.1) is 0 Å². The Kier molecular flexibility index (Phi) is 3.83. The largest absolute Gasteiger partial charge is 0.330 e. The van der Waals surface area contributed by atoms with Gasteiger partial charge in [0, 0.05) is 18.5 Å². The van der Waals surface area contributed by atoms with Crippen molar-refractivity contribution >= 4 is 0 Å². The quantitative estimate of drug-likeness (QED) is 0.929. The molecule has 1 aliphatic carbocycles. The molecular formula is C16H22N4. The van der Waals surface area contributed by atoms with E-state index >= 15 is 0 Å². The van der Waals surface area contributed by atoms with Crippen LogP contribution in [0.2, 0.25) is 0 Å². The summed E-state index contributed by atoms with van der Waals surface area (Å²) in [6.07, 6.45) is 5.99. The molecule has 106 valence electrons. The smallest absolute Gasteiger partial charge is 0.158 e. The molecule has 0 amide bonds. The maximum atomic E-state index is 5.63. The van der Waals surface area contributed by atoms with Gasteiger partial charge in [0.25, 0.3) is 0 Å². The van der Waals surface area contributed by atoms with Crippen molar-refractivity contribution in [1.82, 2.24) is 14.8 Å². The Labute approximate surface area is 120 Å². The van der Waals surface area contributed by atoms with E-state index in [0.717, 1.165) is 23.6 Å². The lowest BCUT2D eigenvalue weighted by Gasteiger charge is -2.03. The molecule has 0 saturated heterocycles. The Morgan fingerprint density at radius 2 is 2.10 bits per heavy atom. The van der Waals surface area contributed by atoms with Crippen LogP contribution in [0.25, 0.3) is 11.4 Å². The SMILES string of the molecule is Cn1nc(C2CCCC2)nc1-c1cccc(CCN)c1. The van der Waals surface area contributed by atoms with Gasteiger partial charge >= 0.3 is 0 Å². The van der Waals surface area contributed by atoms with Crippen LogP contribution in [0.3, 0.4) is 0 Å². The van der Waals surface area contributed by atoms with E-state index in [4.69, 9.17) is 10.7 Å². The molecule has 20 heavy (non-hydrogen) atoms. The fourth-order valence-corrected chi connectivity index (χ4v) is 3.05. The minimum absolute atomic E-state index is 0.558. The Morgan fingerprint density at radius 3 is 2.85 bits per heavy atom. The average Bonchev–Trinajstić information content (AvgIpc) is 3.08. The van der Waals surface area contributed by atoms with E-state index in [0.29, 0.717) is 12.5 Å². The van der Waals surface area contributed by atoms with E-state index in [1.807, 2.05) is 11.7 Å². The van der Waals surface area contributed by atoms with Crippen LogP contribution in [0.1, 0.15) is 43.0 Å². The van der Waals surface area contributed by atoms with E-state index in [9.17, 15) is 0 Å². The van der Waals surface area contributed by atoms with E-state index < -0.39 is 0 Å². The molecule has 2 aromatic rings. The lowest BCUT2D eigenvalue weighted by atomic mass is 10.1. The lowest BCUT2D eigenvalue weighted by Crippen LogP contribution is -2.03. The lowest BCUT2D eigenvalue weighted by molar-refractivity contribution is 0.648. The van der Waals surface area contributed by atoms with Gasteiger partial charge in [-0.15, -0.1) is 0 Å². The van der Waals surface area contributed by atoms with Gasteiger partial charge in [0.15, 0.2) is 11.6 Å². The molecule has 0 aliphatic heterocycles. The number of rotatable bonds is 4. The molecule has 1 aliphatic rings. The fourth-order valence-electron chi connectivity index (χ4n) is 3.05. The first-order chi connectivity index (χ1) is 9.78. The summed E-state index contributed by atoms with van der Waals surface area (Å²) in [4.78, 5) is 4.78.